The summed E-state index contributed by atoms with van der Waals surface area (Å²) in [4.78, 5) is 36.6. The molecule has 14 rings (SSSR count). The number of ether oxygens (including phenoxy) is 2. The van der Waals surface area contributed by atoms with Gasteiger partial charge in [0.1, 0.15) is 11.2 Å². The van der Waals surface area contributed by atoms with Gasteiger partial charge in [0.05, 0.1) is 11.0 Å². The van der Waals surface area contributed by atoms with Crippen molar-refractivity contribution < 1.29 is 19.1 Å². The maximum Gasteiger partial charge on any atom is 0.339 e. The summed E-state index contributed by atoms with van der Waals surface area (Å²) >= 11 is 0. The van der Waals surface area contributed by atoms with Crippen LogP contribution >= 0.6 is 0 Å². The van der Waals surface area contributed by atoms with Crippen LogP contribution in [-0.2, 0) is 26.3 Å². The molecule has 296 valence electrons. The number of hydrogen-bond acceptors (Lipinski definition) is 7. The Hall–Kier alpha value is -2.74. The highest BCUT2D eigenvalue weighted by Gasteiger charge is 2.93. The van der Waals surface area contributed by atoms with Gasteiger partial charge in [-0.2, -0.15) is 0 Å². The topological polar surface area (TPSA) is 85.1 Å². The van der Waals surface area contributed by atoms with Gasteiger partial charge in [0.2, 0.25) is 0 Å². The average Bonchev–Trinajstić information content (AvgIpc) is 3.63. The zero-order valence-corrected chi connectivity index (χ0v) is 33.8. The Morgan fingerprint density at radius 2 is 1.71 bits per heavy atom. The summed E-state index contributed by atoms with van der Waals surface area (Å²) in [6.07, 6.45) is 19.3. The minimum absolute atomic E-state index is 0.0359. The van der Waals surface area contributed by atoms with Crippen molar-refractivity contribution in [1.82, 2.24) is 9.80 Å². The van der Waals surface area contributed by atoms with E-state index in [1.165, 1.54) is 56.3 Å². The highest BCUT2D eigenvalue weighted by molar-refractivity contribution is 6.00. The van der Waals surface area contributed by atoms with E-state index >= 15 is 4.79 Å². The third-order valence-electron chi connectivity index (χ3n) is 19.6. The van der Waals surface area contributed by atoms with Gasteiger partial charge in [-0.05, 0) is 161 Å². The molecule has 3 spiro atoms. The monoisotopic (exact) mass is 755 g/mol. The number of nitrogens with zero attached hydrogens (tertiary/aromatic N) is 2. The van der Waals surface area contributed by atoms with Gasteiger partial charge >= 0.3 is 11.9 Å². The van der Waals surface area contributed by atoms with Gasteiger partial charge in [-0.25, -0.2) is 4.79 Å². The average molecular weight is 756 g/mol. The lowest BCUT2D eigenvalue weighted by Crippen LogP contribution is -2.77. The molecule has 7 heteroatoms. The second kappa shape index (κ2) is 11.3. The predicted molar refractivity (Wildman–Crippen MR) is 213 cm³/mol. The van der Waals surface area contributed by atoms with Crippen LogP contribution in [0.3, 0.4) is 0 Å². The van der Waals surface area contributed by atoms with Gasteiger partial charge in [-0.3, -0.25) is 14.6 Å². The predicted octanol–water partition coefficient (Wildman–Crippen LogP) is 7.69. The van der Waals surface area contributed by atoms with Gasteiger partial charge in [0, 0.05) is 54.7 Å². The molecule has 8 fully saturated rings. The summed E-state index contributed by atoms with van der Waals surface area (Å²) in [5, 5.41) is 0. The molecule has 0 amide bonds. The molecular weight excluding hydrogens is 695 g/mol. The number of nitrogens with two attached hydrogens (primary N) is 1. The number of fused-ring (bicyclic) bond motifs is 6. The van der Waals surface area contributed by atoms with Crippen molar-refractivity contribution in [2.75, 3.05) is 19.6 Å². The lowest BCUT2D eigenvalue weighted by Gasteiger charge is -2.72. The van der Waals surface area contributed by atoms with Crippen molar-refractivity contribution in [2.24, 2.45) is 69.8 Å². The van der Waals surface area contributed by atoms with Crippen LogP contribution in [0.15, 0.2) is 52.8 Å². The Balaban J connectivity index is 1.11. The molecule has 1 aromatic carbocycles. The quantitative estimate of drug-likeness (QED) is 0.317. The van der Waals surface area contributed by atoms with E-state index in [1.807, 2.05) is 0 Å². The molecule has 5 aliphatic carbocycles. The maximum atomic E-state index is 15.8. The smallest absolute Gasteiger partial charge is 0.339 e. The highest BCUT2D eigenvalue weighted by atomic mass is 16.6. The molecule has 2 unspecified atom stereocenters. The number of allylic oxidation sites excluding steroid dienone is 2. The molecule has 1 aromatic rings. The lowest BCUT2D eigenvalue weighted by atomic mass is 9.27. The molecule has 8 aliphatic heterocycles. The Morgan fingerprint density at radius 3 is 2.57 bits per heavy atom. The van der Waals surface area contributed by atoms with E-state index in [0.717, 1.165) is 85.7 Å². The zero-order chi connectivity index (χ0) is 37.6. The fourth-order valence-corrected chi connectivity index (χ4v) is 17.8. The Labute approximate surface area is 332 Å². The SMILES string of the molecule is C[C@H]1CCC2=C[C@@H]3[C@H](C)C[C@@H]4CC[C@H]5[C@H]6C[C@@H]7CN5C4[C@@H]3C3=C2[C@]24C(=O)OC(=C[C@H]5CC[C@@H]7N(C6)[C@@H]5C)[C@@]2(CC3)[C@]2(OC(=O)c3c(CCCN)cccc32)[C@H]4C1. The number of aryl methyl sites for hydroxylation is 1. The van der Waals surface area contributed by atoms with Crippen molar-refractivity contribution in [3.05, 3.63) is 69.5 Å². The molecule has 17 atom stereocenters. The third-order valence-corrected chi connectivity index (χ3v) is 19.6. The van der Waals surface area contributed by atoms with Gasteiger partial charge < -0.3 is 15.2 Å². The van der Waals surface area contributed by atoms with Crippen LogP contribution in [-0.4, -0.2) is 65.5 Å². The first-order chi connectivity index (χ1) is 27.2. The van der Waals surface area contributed by atoms with Gasteiger partial charge in [-0.15, -0.1) is 0 Å². The van der Waals surface area contributed by atoms with Crippen LogP contribution in [0.1, 0.15) is 119 Å². The normalized spacial score (nSPS) is 51.1. The van der Waals surface area contributed by atoms with Gasteiger partial charge in [0.15, 0.2) is 5.60 Å². The fourth-order valence-electron chi connectivity index (χ4n) is 17.8. The molecule has 0 radical (unpaired) electrons. The van der Waals surface area contributed by atoms with Gasteiger partial charge in [0.25, 0.3) is 0 Å². The highest BCUT2D eigenvalue weighted by Crippen LogP contribution is 2.88. The lowest BCUT2D eigenvalue weighted by molar-refractivity contribution is -0.279. The Kier molecular flexibility index (Phi) is 6.89. The van der Waals surface area contributed by atoms with E-state index in [4.69, 9.17) is 15.2 Å². The summed E-state index contributed by atoms with van der Waals surface area (Å²) in [6, 6.07) is 8.71. The number of hydrogen-bond donors (Lipinski definition) is 1. The minimum atomic E-state index is -0.934. The largest absolute Gasteiger partial charge is 0.449 e. The summed E-state index contributed by atoms with van der Waals surface area (Å²) in [5.74, 6) is 4.93. The van der Waals surface area contributed by atoms with Crippen molar-refractivity contribution in [1.29, 1.82) is 0 Å². The molecule has 8 heterocycles. The van der Waals surface area contributed by atoms with Crippen molar-refractivity contribution in [2.45, 2.75) is 134 Å². The van der Waals surface area contributed by atoms with E-state index in [0.29, 0.717) is 60.3 Å². The van der Waals surface area contributed by atoms with Crippen molar-refractivity contribution in [3.63, 3.8) is 0 Å². The van der Waals surface area contributed by atoms with E-state index in [1.54, 1.807) is 5.57 Å². The maximum absolute atomic E-state index is 15.8. The first-order valence-corrected chi connectivity index (χ1v) is 23.2. The van der Waals surface area contributed by atoms with Crippen LogP contribution in [0.5, 0.6) is 0 Å². The number of carbonyl (C=O) groups excluding carboxylic acids is 2. The Morgan fingerprint density at radius 1 is 0.893 bits per heavy atom. The first kappa shape index (κ1) is 34.2. The van der Waals surface area contributed by atoms with Crippen LogP contribution < -0.4 is 5.73 Å². The molecular formula is C49H61N3O4. The van der Waals surface area contributed by atoms with Crippen molar-refractivity contribution >= 4 is 11.9 Å². The fraction of sp³-hybridized carbons (Fsp3) is 0.714. The van der Waals surface area contributed by atoms with Crippen LogP contribution in [0.25, 0.3) is 0 Å². The Bertz CT molecular complexity index is 2070. The van der Waals surface area contributed by atoms with E-state index in [9.17, 15) is 4.79 Å². The molecule has 0 aromatic heterocycles. The summed E-state index contributed by atoms with van der Waals surface area (Å²) in [6.45, 7) is 10.5. The molecule has 8 bridgehead atoms. The van der Waals surface area contributed by atoms with Crippen LogP contribution in [0.2, 0.25) is 0 Å². The minimum Gasteiger partial charge on any atom is -0.449 e. The van der Waals surface area contributed by atoms with E-state index in [2.05, 4.69) is 60.9 Å². The molecule has 13 aliphatic rings. The number of carbonyl (C=O) groups is 2. The van der Waals surface area contributed by atoms with Crippen LogP contribution in [0, 0.1) is 64.1 Å². The standard InChI is InChI=1S/C49H61N3O4/c1-25-9-10-30-21-35-26(2)19-31-12-14-38-32-20-33-24-52(38)44(31)42(35)34-15-16-47-40(22-29-11-13-37(33)51(23-32)27(29)3)55-46(54)48(47,43(30)34)39(18-25)49(47)36-8-4-6-28(7-5-17-50)41(36)45(53)56-49/h4,6,8,21-22,25-27,29,31-33,35,37-39,42,44H,5,7,9-20,23-24,50H2,1-3H3/t25-,26+,27+,29+,31-,32-,33+,35+,37-,38-,39-,42+,44?,47+,48+,49+/m0/s1. The number of benzene rings is 1. The van der Waals surface area contributed by atoms with E-state index < -0.39 is 16.4 Å². The number of esters is 2. The first-order valence-electron chi connectivity index (χ1n) is 23.2. The number of piperidine rings is 4. The molecule has 3 saturated carbocycles. The second-order valence-electron chi connectivity index (χ2n) is 21.4. The molecule has 5 saturated heterocycles. The zero-order valence-electron chi connectivity index (χ0n) is 33.8. The van der Waals surface area contributed by atoms with Crippen LogP contribution in [0.4, 0.5) is 0 Å². The molecule has 56 heavy (non-hydrogen) atoms. The summed E-state index contributed by atoms with van der Waals surface area (Å²) in [5.41, 5.74) is 10.8. The van der Waals surface area contributed by atoms with Gasteiger partial charge in [-0.1, -0.05) is 43.7 Å². The summed E-state index contributed by atoms with van der Waals surface area (Å²) in [7, 11) is 0. The van der Waals surface area contributed by atoms with E-state index in [-0.39, 0.29) is 23.8 Å². The van der Waals surface area contributed by atoms with Crippen molar-refractivity contribution in [3.8, 4) is 0 Å². The number of rotatable bonds is 3. The second-order valence-corrected chi connectivity index (χ2v) is 21.4. The summed E-state index contributed by atoms with van der Waals surface area (Å²) < 4.78 is 14.3. The molecule has 7 nitrogen and oxygen atoms in total. The molecule has 2 N–H and O–H groups in total. The third kappa shape index (κ3) is 3.69.